The monoisotopic (exact) mass is 267 g/mol. The summed E-state index contributed by atoms with van der Waals surface area (Å²) in [4.78, 5) is 14.9. The third-order valence-electron chi connectivity index (χ3n) is 2.67. The van der Waals surface area contributed by atoms with Crippen LogP contribution in [-0.2, 0) is 0 Å². The van der Waals surface area contributed by atoms with E-state index in [4.69, 9.17) is 9.84 Å². The lowest BCUT2D eigenvalue weighted by Crippen LogP contribution is -2.02. The van der Waals surface area contributed by atoms with Crippen LogP contribution in [0.4, 0.5) is 0 Å². The van der Waals surface area contributed by atoms with Crippen molar-refractivity contribution in [3.63, 3.8) is 0 Å². The van der Waals surface area contributed by atoms with Crippen molar-refractivity contribution in [1.82, 2.24) is 15.2 Å². The van der Waals surface area contributed by atoms with E-state index in [1.807, 2.05) is 24.3 Å². The maximum Gasteiger partial charge on any atom is 0.356 e. The number of carboxylic acids is 1. The number of carboxylic acid groups (broad SMARTS) is 1. The zero-order valence-corrected chi connectivity index (χ0v) is 10.2. The molecule has 0 unspecified atom stereocenters. The van der Waals surface area contributed by atoms with Crippen LogP contribution in [0, 0.1) is 0 Å². The van der Waals surface area contributed by atoms with E-state index in [1.165, 1.54) is 12.1 Å². The minimum absolute atomic E-state index is 0.131. The van der Waals surface area contributed by atoms with Crippen molar-refractivity contribution >= 4 is 16.9 Å². The van der Waals surface area contributed by atoms with Crippen LogP contribution in [0.1, 0.15) is 10.5 Å². The van der Waals surface area contributed by atoms with Crippen molar-refractivity contribution in [3.05, 3.63) is 54.4 Å². The second kappa shape index (κ2) is 4.93. The average molecular weight is 267 g/mol. The van der Waals surface area contributed by atoms with Crippen molar-refractivity contribution in [2.75, 3.05) is 0 Å². The predicted molar refractivity (Wildman–Crippen MR) is 70.8 cm³/mol. The van der Waals surface area contributed by atoms with Crippen LogP contribution in [0.2, 0.25) is 0 Å². The molecule has 3 aromatic rings. The molecule has 98 valence electrons. The number of para-hydroxylation sites is 1. The standard InChI is InChI=1S/C14H9N3O3/c18-14(19)10-6-7-12(17-16-10)20-11-5-1-3-9-4-2-8-15-13(9)11/h1-8H,(H,18,19). The van der Waals surface area contributed by atoms with Crippen molar-refractivity contribution in [3.8, 4) is 11.6 Å². The lowest BCUT2D eigenvalue weighted by Gasteiger charge is -2.06. The zero-order valence-electron chi connectivity index (χ0n) is 10.2. The zero-order chi connectivity index (χ0) is 13.9. The van der Waals surface area contributed by atoms with Gasteiger partial charge in [-0.2, -0.15) is 0 Å². The Balaban J connectivity index is 1.95. The third-order valence-corrected chi connectivity index (χ3v) is 2.67. The number of nitrogens with zero attached hydrogens (tertiary/aromatic N) is 3. The van der Waals surface area contributed by atoms with Crippen LogP contribution in [0.5, 0.6) is 11.6 Å². The molecule has 0 saturated heterocycles. The van der Waals surface area contributed by atoms with Crippen molar-refractivity contribution in [1.29, 1.82) is 0 Å². The highest BCUT2D eigenvalue weighted by Gasteiger charge is 2.08. The Bertz CT molecular complexity index is 767. The molecule has 0 aliphatic carbocycles. The summed E-state index contributed by atoms with van der Waals surface area (Å²) < 4.78 is 5.60. The molecule has 0 aliphatic heterocycles. The Morgan fingerprint density at radius 2 is 1.90 bits per heavy atom. The molecule has 0 spiro atoms. The Morgan fingerprint density at radius 1 is 1.05 bits per heavy atom. The average Bonchev–Trinajstić information content (AvgIpc) is 2.48. The van der Waals surface area contributed by atoms with E-state index >= 15 is 0 Å². The van der Waals surface area contributed by atoms with Gasteiger partial charge in [0.25, 0.3) is 0 Å². The first-order valence-electron chi connectivity index (χ1n) is 5.83. The molecule has 0 aliphatic rings. The summed E-state index contributed by atoms with van der Waals surface area (Å²) in [5, 5.41) is 17.0. The van der Waals surface area contributed by atoms with Crippen LogP contribution in [0.25, 0.3) is 10.9 Å². The first kappa shape index (κ1) is 12.0. The Hall–Kier alpha value is -3.02. The van der Waals surface area contributed by atoms with Crippen molar-refractivity contribution in [2.24, 2.45) is 0 Å². The lowest BCUT2D eigenvalue weighted by molar-refractivity contribution is 0.0689. The number of ether oxygens (including phenoxy) is 1. The van der Waals surface area contributed by atoms with E-state index in [2.05, 4.69) is 15.2 Å². The van der Waals surface area contributed by atoms with Gasteiger partial charge in [0.05, 0.1) is 0 Å². The molecule has 0 fully saturated rings. The minimum Gasteiger partial charge on any atom is -0.476 e. The van der Waals surface area contributed by atoms with Gasteiger partial charge in [-0.25, -0.2) is 4.79 Å². The quantitative estimate of drug-likeness (QED) is 0.784. The van der Waals surface area contributed by atoms with Crippen molar-refractivity contribution in [2.45, 2.75) is 0 Å². The van der Waals surface area contributed by atoms with E-state index in [1.54, 1.807) is 12.3 Å². The molecule has 0 saturated carbocycles. The SMILES string of the molecule is O=C(O)c1ccc(Oc2cccc3cccnc23)nn1. The molecular weight excluding hydrogens is 258 g/mol. The number of pyridine rings is 1. The molecule has 0 radical (unpaired) electrons. The fourth-order valence-corrected chi connectivity index (χ4v) is 1.76. The first-order valence-corrected chi connectivity index (χ1v) is 5.83. The van der Waals surface area contributed by atoms with Gasteiger partial charge in [-0.3, -0.25) is 4.98 Å². The number of carbonyl (C=O) groups is 1. The summed E-state index contributed by atoms with van der Waals surface area (Å²) in [6.45, 7) is 0. The molecule has 0 atom stereocenters. The summed E-state index contributed by atoms with van der Waals surface area (Å²) in [5.41, 5.74) is 0.576. The molecular formula is C14H9N3O3. The summed E-state index contributed by atoms with van der Waals surface area (Å²) in [5.74, 6) is -0.371. The van der Waals surface area contributed by atoms with E-state index in [9.17, 15) is 4.79 Å². The first-order chi connectivity index (χ1) is 9.74. The number of fused-ring (bicyclic) bond motifs is 1. The largest absolute Gasteiger partial charge is 0.476 e. The van der Waals surface area contributed by atoms with Gasteiger partial charge in [0.1, 0.15) is 5.52 Å². The van der Waals surface area contributed by atoms with E-state index in [0.717, 1.165) is 5.39 Å². The van der Waals surface area contributed by atoms with Crippen LogP contribution >= 0.6 is 0 Å². The van der Waals surface area contributed by atoms with Gasteiger partial charge < -0.3 is 9.84 Å². The smallest absolute Gasteiger partial charge is 0.356 e. The normalized spacial score (nSPS) is 10.4. The van der Waals surface area contributed by atoms with Gasteiger partial charge in [0.15, 0.2) is 11.4 Å². The summed E-state index contributed by atoms with van der Waals surface area (Å²) >= 11 is 0. The fourth-order valence-electron chi connectivity index (χ4n) is 1.76. The van der Waals surface area contributed by atoms with Gasteiger partial charge >= 0.3 is 5.97 Å². The third kappa shape index (κ3) is 2.26. The molecule has 1 N–H and O–H groups in total. The highest BCUT2D eigenvalue weighted by molar-refractivity contribution is 5.85. The highest BCUT2D eigenvalue weighted by atomic mass is 16.5. The summed E-state index contributed by atoms with van der Waals surface area (Å²) in [6.07, 6.45) is 1.67. The van der Waals surface area contributed by atoms with Gasteiger partial charge in [-0.1, -0.05) is 18.2 Å². The van der Waals surface area contributed by atoms with Gasteiger partial charge in [0, 0.05) is 17.6 Å². The molecule has 3 rings (SSSR count). The van der Waals surface area contributed by atoms with Crippen LogP contribution < -0.4 is 4.74 Å². The molecule has 0 amide bonds. The molecule has 6 nitrogen and oxygen atoms in total. The molecule has 6 heteroatoms. The minimum atomic E-state index is -1.13. The summed E-state index contributed by atoms with van der Waals surface area (Å²) in [7, 11) is 0. The van der Waals surface area contributed by atoms with Gasteiger partial charge in [0.2, 0.25) is 5.88 Å². The van der Waals surface area contributed by atoms with E-state index < -0.39 is 5.97 Å². The molecule has 2 heterocycles. The molecule has 1 aromatic carbocycles. The Labute approximate surface area is 113 Å². The number of benzene rings is 1. The topological polar surface area (TPSA) is 85.2 Å². The highest BCUT2D eigenvalue weighted by Crippen LogP contribution is 2.26. The fraction of sp³-hybridized carbons (Fsp3) is 0. The number of hydrogen-bond donors (Lipinski definition) is 1. The van der Waals surface area contributed by atoms with Crippen LogP contribution in [0.3, 0.4) is 0 Å². The maximum absolute atomic E-state index is 10.7. The van der Waals surface area contributed by atoms with E-state index in [0.29, 0.717) is 11.3 Å². The predicted octanol–water partition coefficient (Wildman–Crippen LogP) is 2.52. The number of rotatable bonds is 3. The Kier molecular flexibility index (Phi) is 2.96. The maximum atomic E-state index is 10.7. The number of aromatic nitrogens is 3. The number of hydrogen-bond acceptors (Lipinski definition) is 5. The van der Waals surface area contributed by atoms with E-state index in [-0.39, 0.29) is 11.6 Å². The lowest BCUT2D eigenvalue weighted by atomic mass is 10.2. The molecule has 2 aromatic heterocycles. The van der Waals surface area contributed by atoms with Gasteiger partial charge in [-0.15, -0.1) is 10.2 Å². The number of aromatic carboxylic acids is 1. The second-order valence-corrected chi connectivity index (χ2v) is 4.00. The van der Waals surface area contributed by atoms with Crippen LogP contribution in [0.15, 0.2) is 48.7 Å². The van der Waals surface area contributed by atoms with Gasteiger partial charge in [-0.05, 0) is 18.2 Å². The second-order valence-electron chi connectivity index (χ2n) is 4.00. The molecule has 20 heavy (non-hydrogen) atoms. The Morgan fingerprint density at radius 3 is 2.65 bits per heavy atom. The summed E-state index contributed by atoms with van der Waals surface area (Å²) in [6, 6.07) is 12.1. The van der Waals surface area contributed by atoms with Crippen LogP contribution in [-0.4, -0.2) is 26.3 Å². The van der Waals surface area contributed by atoms with Crippen molar-refractivity contribution < 1.29 is 14.6 Å². The molecule has 0 bridgehead atoms.